The molecule has 1 N–H and O–H groups in total. The van der Waals surface area contributed by atoms with E-state index in [2.05, 4.69) is 38.2 Å². The van der Waals surface area contributed by atoms with Crippen LogP contribution in [-0.2, 0) is 0 Å². The minimum absolute atomic E-state index is 0.625. The Hall–Kier alpha value is -0.610. The molecule has 1 aliphatic rings. The van der Waals surface area contributed by atoms with E-state index in [-0.39, 0.29) is 0 Å². The summed E-state index contributed by atoms with van der Waals surface area (Å²) in [6, 6.07) is 4.69. The van der Waals surface area contributed by atoms with Crippen LogP contribution in [-0.4, -0.2) is 31.2 Å². The molecule has 82 valence electrons. The fourth-order valence-electron chi connectivity index (χ4n) is 1.93. The highest BCUT2D eigenvalue weighted by atomic mass is 79.9. The van der Waals surface area contributed by atoms with Crippen LogP contribution in [0.4, 0.5) is 5.82 Å². The van der Waals surface area contributed by atoms with Gasteiger partial charge in [-0.15, -0.1) is 0 Å². The molecule has 0 saturated carbocycles. The lowest BCUT2D eigenvalue weighted by molar-refractivity contribution is 0.597. The average molecular weight is 270 g/mol. The topological polar surface area (TPSA) is 28.2 Å². The van der Waals surface area contributed by atoms with E-state index in [0.29, 0.717) is 6.04 Å². The summed E-state index contributed by atoms with van der Waals surface area (Å²) in [6.45, 7) is 2.20. The Morgan fingerprint density at radius 3 is 3.07 bits per heavy atom. The highest BCUT2D eigenvalue weighted by Gasteiger charge is 2.16. The minimum atomic E-state index is 0.625. The van der Waals surface area contributed by atoms with Gasteiger partial charge in [0.1, 0.15) is 5.82 Å². The molecule has 2 heterocycles. The molecule has 0 bridgehead atoms. The van der Waals surface area contributed by atoms with E-state index in [4.69, 9.17) is 0 Å². The van der Waals surface area contributed by atoms with Gasteiger partial charge >= 0.3 is 0 Å². The Kier molecular flexibility index (Phi) is 3.59. The van der Waals surface area contributed by atoms with Crippen LogP contribution < -0.4 is 10.2 Å². The number of aromatic nitrogens is 1. The van der Waals surface area contributed by atoms with Gasteiger partial charge in [-0.2, -0.15) is 0 Å². The Balaban J connectivity index is 1.94. The van der Waals surface area contributed by atoms with Crippen LogP contribution in [0.25, 0.3) is 0 Å². The maximum atomic E-state index is 4.37. The summed E-state index contributed by atoms with van der Waals surface area (Å²) in [6.07, 6.45) is 4.42. The summed E-state index contributed by atoms with van der Waals surface area (Å²) in [7, 11) is 2.09. The fourth-order valence-corrected chi connectivity index (χ4v) is 2.17. The van der Waals surface area contributed by atoms with Gasteiger partial charge in [-0.1, -0.05) is 0 Å². The second kappa shape index (κ2) is 4.94. The summed E-state index contributed by atoms with van der Waals surface area (Å²) in [5.74, 6) is 1.03. The number of nitrogens with one attached hydrogen (secondary N) is 1. The minimum Gasteiger partial charge on any atom is -0.358 e. The second-order valence-electron chi connectivity index (χ2n) is 4.01. The third-order valence-corrected chi connectivity index (χ3v) is 3.23. The summed E-state index contributed by atoms with van der Waals surface area (Å²) < 4.78 is 1.03. The van der Waals surface area contributed by atoms with Crippen molar-refractivity contribution in [3.8, 4) is 0 Å². The molecular formula is C11H16BrN3. The number of pyridine rings is 1. The number of halogens is 1. The van der Waals surface area contributed by atoms with E-state index >= 15 is 0 Å². The number of likely N-dealkylation sites (N-methyl/N-ethyl adjacent to an activating group) is 1. The van der Waals surface area contributed by atoms with E-state index in [1.54, 1.807) is 0 Å². The molecule has 0 radical (unpaired) electrons. The maximum absolute atomic E-state index is 4.37. The van der Waals surface area contributed by atoms with Crippen LogP contribution in [0.1, 0.15) is 12.8 Å². The first-order valence-corrected chi connectivity index (χ1v) is 6.11. The van der Waals surface area contributed by atoms with Gasteiger partial charge in [0.2, 0.25) is 0 Å². The standard InChI is InChI=1S/C11H16BrN3/c1-15(8-10-3-2-6-13-10)11-5-4-9(12)7-14-11/h4-5,7,10,13H,2-3,6,8H2,1H3. The van der Waals surface area contributed by atoms with Gasteiger partial charge in [0.05, 0.1) is 0 Å². The SMILES string of the molecule is CN(CC1CCCN1)c1ccc(Br)cn1. The lowest BCUT2D eigenvalue weighted by Gasteiger charge is -2.22. The zero-order valence-electron chi connectivity index (χ0n) is 8.91. The number of nitrogens with zero attached hydrogens (tertiary/aromatic N) is 2. The van der Waals surface area contributed by atoms with Crippen molar-refractivity contribution in [3.05, 3.63) is 22.8 Å². The van der Waals surface area contributed by atoms with Gasteiger partial charge in [-0.3, -0.25) is 0 Å². The molecule has 4 heteroatoms. The number of hydrogen-bond donors (Lipinski definition) is 1. The summed E-state index contributed by atoms with van der Waals surface area (Å²) in [5, 5.41) is 3.49. The number of rotatable bonds is 3. The summed E-state index contributed by atoms with van der Waals surface area (Å²) in [4.78, 5) is 6.58. The van der Waals surface area contributed by atoms with Gasteiger partial charge in [-0.05, 0) is 47.4 Å². The zero-order chi connectivity index (χ0) is 10.7. The van der Waals surface area contributed by atoms with E-state index in [1.807, 2.05) is 18.3 Å². The molecule has 1 unspecified atom stereocenters. The molecule has 1 atom stereocenters. The molecule has 0 aliphatic carbocycles. The number of anilines is 1. The lowest BCUT2D eigenvalue weighted by Crippen LogP contribution is -2.35. The first-order chi connectivity index (χ1) is 7.25. The largest absolute Gasteiger partial charge is 0.358 e. The molecule has 1 aromatic heterocycles. The zero-order valence-corrected chi connectivity index (χ0v) is 10.5. The molecular weight excluding hydrogens is 254 g/mol. The van der Waals surface area contributed by atoms with Crippen LogP contribution in [0, 0.1) is 0 Å². The molecule has 1 aliphatic heterocycles. The molecule has 0 aromatic carbocycles. The molecule has 0 amide bonds. The van der Waals surface area contributed by atoms with Crippen molar-refractivity contribution in [2.75, 3.05) is 25.0 Å². The summed E-state index contributed by atoms with van der Waals surface area (Å²) >= 11 is 3.39. The monoisotopic (exact) mass is 269 g/mol. The van der Waals surface area contributed by atoms with Crippen molar-refractivity contribution >= 4 is 21.7 Å². The third kappa shape index (κ3) is 2.92. The molecule has 0 spiro atoms. The molecule has 1 saturated heterocycles. The van der Waals surface area contributed by atoms with E-state index in [0.717, 1.165) is 23.4 Å². The van der Waals surface area contributed by atoms with Crippen molar-refractivity contribution in [1.29, 1.82) is 0 Å². The molecule has 15 heavy (non-hydrogen) atoms. The van der Waals surface area contributed by atoms with E-state index in [1.165, 1.54) is 12.8 Å². The van der Waals surface area contributed by atoms with Gasteiger partial charge in [0.15, 0.2) is 0 Å². The molecule has 3 nitrogen and oxygen atoms in total. The van der Waals surface area contributed by atoms with E-state index < -0.39 is 0 Å². The smallest absolute Gasteiger partial charge is 0.128 e. The first-order valence-electron chi connectivity index (χ1n) is 5.32. The van der Waals surface area contributed by atoms with Crippen molar-refractivity contribution < 1.29 is 0 Å². The molecule has 1 aromatic rings. The van der Waals surface area contributed by atoms with Gasteiger partial charge in [-0.25, -0.2) is 4.98 Å². The van der Waals surface area contributed by atoms with Gasteiger partial charge in [0.25, 0.3) is 0 Å². The van der Waals surface area contributed by atoms with Crippen LogP contribution >= 0.6 is 15.9 Å². The highest BCUT2D eigenvalue weighted by molar-refractivity contribution is 9.10. The van der Waals surface area contributed by atoms with E-state index in [9.17, 15) is 0 Å². The Morgan fingerprint density at radius 2 is 2.47 bits per heavy atom. The Bertz CT molecular complexity index is 306. The maximum Gasteiger partial charge on any atom is 0.128 e. The van der Waals surface area contributed by atoms with Crippen LogP contribution in [0.15, 0.2) is 22.8 Å². The number of hydrogen-bond acceptors (Lipinski definition) is 3. The quantitative estimate of drug-likeness (QED) is 0.911. The van der Waals surface area contributed by atoms with Crippen LogP contribution in [0.3, 0.4) is 0 Å². The third-order valence-electron chi connectivity index (χ3n) is 2.76. The fraction of sp³-hybridized carbons (Fsp3) is 0.545. The van der Waals surface area contributed by atoms with Crippen molar-refractivity contribution in [1.82, 2.24) is 10.3 Å². The Labute approximate surface area is 99.0 Å². The van der Waals surface area contributed by atoms with Crippen molar-refractivity contribution in [3.63, 3.8) is 0 Å². The predicted molar refractivity (Wildman–Crippen MR) is 66.2 cm³/mol. The lowest BCUT2D eigenvalue weighted by atomic mass is 10.2. The van der Waals surface area contributed by atoms with Crippen molar-refractivity contribution in [2.45, 2.75) is 18.9 Å². The van der Waals surface area contributed by atoms with Crippen LogP contribution in [0.5, 0.6) is 0 Å². The Morgan fingerprint density at radius 1 is 1.60 bits per heavy atom. The summed E-state index contributed by atoms with van der Waals surface area (Å²) in [5.41, 5.74) is 0. The second-order valence-corrected chi connectivity index (χ2v) is 4.92. The average Bonchev–Trinajstić information content (AvgIpc) is 2.71. The first kappa shape index (κ1) is 10.9. The van der Waals surface area contributed by atoms with Gasteiger partial charge in [0, 0.05) is 30.3 Å². The highest BCUT2D eigenvalue weighted by Crippen LogP contribution is 2.15. The normalized spacial score (nSPS) is 20.5. The molecule has 2 rings (SSSR count). The molecule has 1 fully saturated rings. The van der Waals surface area contributed by atoms with Crippen molar-refractivity contribution in [2.24, 2.45) is 0 Å². The predicted octanol–water partition coefficient (Wildman–Crippen LogP) is 2.03. The van der Waals surface area contributed by atoms with Crippen LogP contribution in [0.2, 0.25) is 0 Å². The van der Waals surface area contributed by atoms with Gasteiger partial charge < -0.3 is 10.2 Å².